The van der Waals surface area contributed by atoms with Crippen LogP contribution in [0.15, 0.2) is 41.0 Å². The van der Waals surface area contributed by atoms with Gasteiger partial charge < -0.3 is 10.2 Å². The lowest BCUT2D eigenvalue weighted by Gasteiger charge is -2.32. The van der Waals surface area contributed by atoms with E-state index in [4.69, 9.17) is 0 Å². The Bertz CT molecular complexity index is 683. The lowest BCUT2D eigenvalue weighted by molar-refractivity contribution is 0.0668. The van der Waals surface area contributed by atoms with Gasteiger partial charge in [-0.3, -0.25) is 4.79 Å². The average molecular weight is 377 g/mol. The predicted octanol–water partition coefficient (Wildman–Crippen LogP) is 2.71. The number of likely N-dealkylation sites (tertiary alicyclic amines) is 1. The van der Waals surface area contributed by atoms with E-state index in [1.54, 1.807) is 10.7 Å². The van der Waals surface area contributed by atoms with E-state index in [2.05, 4.69) is 26.3 Å². The Morgan fingerprint density at radius 3 is 3.09 bits per heavy atom. The molecular weight excluding hydrogens is 356 g/mol. The second-order valence-corrected chi connectivity index (χ2v) is 6.86. The molecule has 2 heterocycles. The number of carbonyl (C=O) groups is 1. The first-order chi connectivity index (χ1) is 11.2. The van der Waals surface area contributed by atoms with Gasteiger partial charge in [0.1, 0.15) is 0 Å². The van der Waals surface area contributed by atoms with Crippen molar-refractivity contribution in [1.29, 1.82) is 0 Å². The smallest absolute Gasteiger partial charge is 0.274 e. The summed E-state index contributed by atoms with van der Waals surface area (Å²) in [5, 5.41) is 7.66. The van der Waals surface area contributed by atoms with Crippen LogP contribution in [0.2, 0.25) is 0 Å². The highest BCUT2D eigenvalue weighted by molar-refractivity contribution is 9.10. The summed E-state index contributed by atoms with van der Waals surface area (Å²) in [6, 6.07) is 9.66. The third-order valence-corrected chi connectivity index (χ3v) is 4.67. The van der Waals surface area contributed by atoms with E-state index in [1.165, 1.54) is 6.42 Å². The summed E-state index contributed by atoms with van der Waals surface area (Å²) in [5.74, 6) is 0.560. The first-order valence-electron chi connectivity index (χ1n) is 7.93. The molecule has 1 saturated heterocycles. The van der Waals surface area contributed by atoms with Gasteiger partial charge in [0.2, 0.25) is 0 Å². The zero-order valence-corrected chi connectivity index (χ0v) is 14.8. The molecule has 0 bridgehead atoms. The highest BCUT2D eigenvalue weighted by atomic mass is 79.9. The molecule has 0 aliphatic carbocycles. The minimum Gasteiger partial charge on any atom is -0.337 e. The lowest BCUT2D eigenvalue weighted by atomic mass is 9.98. The van der Waals surface area contributed by atoms with Crippen molar-refractivity contribution in [3.8, 4) is 5.69 Å². The Balaban J connectivity index is 1.73. The molecule has 1 N–H and O–H groups in total. The van der Waals surface area contributed by atoms with Crippen LogP contribution in [0, 0.1) is 5.92 Å². The summed E-state index contributed by atoms with van der Waals surface area (Å²) in [7, 11) is 1.96. The van der Waals surface area contributed by atoms with Crippen LogP contribution in [0.5, 0.6) is 0 Å². The molecule has 3 rings (SSSR count). The van der Waals surface area contributed by atoms with Crippen molar-refractivity contribution in [1.82, 2.24) is 20.0 Å². The number of nitrogens with zero attached hydrogens (tertiary/aromatic N) is 3. The fourth-order valence-electron chi connectivity index (χ4n) is 3.07. The van der Waals surface area contributed by atoms with E-state index >= 15 is 0 Å². The van der Waals surface area contributed by atoms with Gasteiger partial charge in [0.05, 0.1) is 5.69 Å². The van der Waals surface area contributed by atoms with E-state index in [0.29, 0.717) is 11.6 Å². The van der Waals surface area contributed by atoms with E-state index in [9.17, 15) is 4.79 Å². The molecule has 1 aromatic carbocycles. The highest BCUT2D eigenvalue weighted by Gasteiger charge is 2.25. The number of hydrogen-bond donors (Lipinski definition) is 1. The van der Waals surface area contributed by atoms with Crippen molar-refractivity contribution in [3.05, 3.63) is 46.7 Å². The van der Waals surface area contributed by atoms with Crippen LogP contribution in [0.1, 0.15) is 23.3 Å². The molecule has 0 saturated carbocycles. The summed E-state index contributed by atoms with van der Waals surface area (Å²) >= 11 is 3.46. The topological polar surface area (TPSA) is 50.2 Å². The van der Waals surface area contributed by atoms with Gasteiger partial charge in [-0.15, -0.1) is 0 Å². The zero-order chi connectivity index (χ0) is 16.2. The quantitative estimate of drug-likeness (QED) is 0.892. The Labute approximate surface area is 144 Å². The van der Waals surface area contributed by atoms with Crippen LogP contribution in [0.4, 0.5) is 0 Å². The second kappa shape index (κ2) is 7.27. The average Bonchev–Trinajstić information content (AvgIpc) is 3.05. The standard InChI is InChI=1S/C17H21BrN4O/c1-19-11-13-4-3-8-21(12-13)17(23)16-7-9-22(20-16)15-6-2-5-14(18)10-15/h2,5-7,9-10,13,19H,3-4,8,11-12H2,1H3. The maximum absolute atomic E-state index is 12.7. The fraction of sp³-hybridized carbons (Fsp3) is 0.412. The van der Waals surface area contributed by atoms with Crippen molar-refractivity contribution in [2.24, 2.45) is 5.92 Å². The maximum atomic E-state index is 12.7. The number of rotatable bonds is 4. The van der Waals surface area contributed by atoms with Gasteiger partial charge in [0.15, 0.2) is 5.69 Å². The number of amides is 1. The van der Waals surface area contributed by atoms with Crippen molar-refractivity contribution in [2.45, 2.75) is 12.8 Å². The normalized spacial score (nSPS) is 18.2. The van der Waals surface area contributed by atoms with Gasteiger partial charge in [-0.2, -0.15) is 5.10 Å². The Morgan fingerprint density at radius 1 is 1.43 bits per heavy atom. The van der Waals surface area contributed by atoms with Gasteiger partial charge >= 0.3 is 0 Å². The molecule has 1 amide bonds. The molecule has 1 unspecified atom stereocenters. The van der Waals surface area contributed by atoms with Crippen LogP contribution >= 0.6 is 15.9 Å². The molecule has 1 aromatic heterocycles. The molecule has 1 aliphatic heterocycles. The molecule has 23 heavy (non-hydrogen) atoms. The van der Waals surface area contributed by atoms with Crippen LogP contribution in [-0.4, -0.2) is 47.3 Å². The minimum atomic E-state index is 0.0274. The first kappa shape index (κ1) is 16.2. The summed E-state index contributed by atoms with van der Waals surface area (Å²) in [4.78, 5) is 14.6. The van der Waals surface area contributed by atoms with Gasteiger partial charge in [-0.25, -0.2) is 4.68 Å². The van der Waals surface area contributed by atoms with Crippen LogP contribution in [0.3, 0.4) is 0 Å². The van der Waals surface area contributed by atoms with E-state index < -0.39 is 0 Å². The van der Waals surface area contributed by atoms with Crippen LogP contribution in [0.25, 0.3) is 5.69 Å². The fourth-order valence-corrected chi connectivity index (χ4v) is 3.45. The van der Waals surface area contributed by atoms with Crippen LogP contribution < -0.4 is 5.32 Å². The van der Waals surface area contributed by atoms with E-state index in [0.717, 1.165) is 36.2 Å². The van der Waals surface area contributed by atoms with Gasteiger partial charge in [-0.05, 0) is 56.6 Å². The number of hydrogen-bond acceptors (Lipinski definition) is 3. The largest absolute Gasteiger partial charge is 0.337 e. The van der Waals surface area contributed by atoms with Crippen LogP contribution in [-0.2, 0) is 0 Å². The number of aromatic nitrogens is 2. The molecule has 122 valence electrons. The summed E-state index contributed by atoms with van der Waals surface area (Å²) in [5.41, 5.74) is 1.44. The summed E-state index contributed by atoms with van der Waals surface area (Å²) in [6.45, 7) is 2.59. The summed E-state index contributed by atoms with van der Waals surface area (Å²) in [6.07, 6.45) is 4.07. The Hall–Kier alpha value is -1.66. The van der Waals surface area contributed by atoms with E-state index in [-0.39, 0.29) is 5.91 Å². The van der Waals surface area contributed by atoms with E-state index in [1.807, 2.05) is 42.4 Å². The molecule has 1 atom stereocenters. The third-order valence-electron chi connectivity index (χ3n) is 4.18. The van der Waals surface area contributed by atoms with Gasteiger partial charge in [0.25, 0.3) is 5.91 Å². The predicted molar refractivity (Wildman–Crippen MR) is 93.8 cm³/mol. The molecule has 1 aliphatic rings. The minimum absolute atomic E-state index is 0.0274. The van der Waals surface area contributed by atoms with Gasteiger partial charge in [-0.1, -0.05) is 22.0 Å². The van der Waals surface area contributed by atoms with Crippen molar-refractivity contribution < 1.29 is 4.79 Å². The molecule has 2 aromatic rings. The molecule has 5 nitrogen and oxygen atoms in total. The SMILES string of the molecule is CNCC1CCCN(C(=O)c2ccn(-c3cccc(Br)c3)n2)C1. The number of nitrogens with one attached hydrogen (secondary N) is 1. The Kier molecular flexibility index (Phi) is 5.13. The molecular formula is C17H21BrN4O. The first-order valence-corrected chi connectivity index (χ1v) is 8.72. The molecule has 0 spiro atoms. The highest BCUT2D eigenvalue weighted by Crippen LogP contribution is 2.19. The number of carbonyl (C=O) groups excluding carboxylic acids is 1. The second-order valence-electron chi connectivity index (χ2n) is 5.94. The molecule has 0 radical (unpaired) electrons. The lowest BCUT2D eigenvalue weighted by Crippen LogP contribution is -2.42. The molecule has 6 heteroatoms. The van der Waals surface area contributed by atoms with Crippen molar-refractivity contribution >= 4 is 21.8 Å². The summed E-state index contributed by atoms with van der Waals surface area (Å²) < 4.78 is 2.73. The number of halogens is 1. The Morgan fingerprint density at radius 2 is 2.30 bits per heavy atom. The van der Waals surface area contributed by atoms with Gasteiger partial charge in [0, 0.05) is 23.8 Å². The van der Waals surface area contributed by atoms with Crippen molar-refractivity contribution in [2.75, 3.05) is 26.7 Å². The number of piperidine rings is 1. The maximum Gasteiger partial charge on any atom is 0.274 e. The molecule has 1 fully saturated rings. The number of benzene rings is 1. The monoisotopic (exact) mass is 376 g/mol. The zero-order valence-electron chi connectivity index (χ0n) is 13.2. The van der Waals surface area contributed by atoms with Crippen molar-refractivity contribution in [3.63, 3.8) is 0 Å². The third kappa shape index (κ3) is 3.82.